The third kappa shape index (κ3) is 2.72. The van der Waals surface area contributed by atoms with Crippen molar-refractivity contribution < 1.29 is 4.79 Å². The molecule has 0 aromatic carbocycles. The van der Waals surface area contributed by atoms with Gasteiger partial charge < -0.3 is 4.90 Å². The lowest BCUT2D eigenvalue weighted by atomic mass is 10.0. The van der Waals surface area contributed by atoms with Gasteiger partial charge in [-0.2, -0.15) is 0 Å². The molecule has 0 aliphatic carbocycles. The van der Waals surface area contributed by atoms with E-state index in [2.05, 4.69) is 16.9 Å². The lowest BCUT2D eigenvalue weighted by molar-refractivity contribution is 0.0678. The molecule has 1 aliphatic heterocycles. The highest BCUT2D eigenvalue weighted by Crippen LogP contribution is 2.24. The molecule has 104 valence electrons. The first-order chi connectivity index (χ1) is 9.74. The van der Waals surface area contributed by atoms with Crippen LogP contribution in [0.4, 0.5) is 0 Å². The third-order valence-corrected chi connectivity index (χ3v) is 4.47. The van der Waals surface area contributed by atoms with Crippen LogP contribution < -0.4 is 0 Å². The Labute approximate surface area is 122 Å². The topological polar surface area (TPSA) is 46.1 Å². The van der Waals surface area contributed by atoms with Gasteiger partial charge in [0.25, 0.3) is 5.91 Å². The van der Waals surface area contributed by atoms with Crippen molar-refractivity contribution in [2.45, 2.75) is 19.8 Å². The Morgan fingerprint density at radius 2 is 2.40 bits per heavy atom. The molecule has 1 amide bonds. The summed E-state index contributed by atoms with van der Waals surface area (Å²) < 4.78 is 0. The van der Waals surface area contributed by atoms with Gasteiger partial charge in [0.2, 0.25) is 0 Å². The summed E-state index contributed by atoms with van der Waals surface area (Å²) >= 11 is 1.50. The zero-order valence-electron chi connectivity index (χ0n) is 11.5. The van der Waals surface area contributed by atoms with Crippen molar-refractivity contribution in [3.63, 3.8) is 0 Å². The molecule has 3 heterocycles. The largest absolute Gasteiger partial charge is 0.337 e. The van der Waals surface area contributed by atoms with Gasteiger partial charge >= 0.3 is 0 Å². The summed E-state index contributed by atoms with van der Waals surface area (Å²) in [6, 6.07) is 3.84. The van der Waals surface area contributed by atoms with E-state index in [4.69, 9.17) is 0 Å². The molecular formula is C15H17N3OS. The molecule has 3 rings (SSSR count). The highest BCUT2D eigenvalue weighted by atomic mass is 32.1. The van der Waals surface area contributed by atoms with Gasteiger partial charge in [-0.3, -0.25) is 9.78 Å². The molecule has 0 radical (unpaired) electrons. The summed E-state index contributed by atoms with van der Waals surface area (Å²) in [6.07, 6.45) is 5.81. The number of carbonyl (C=O) groups excluding carboxylic acids is 1. The Bertz CT molecular complexity index is 596. The molecule has 2 aromatic rings. The van der Waals surface area contributed by atoms with Crippen molar-refractivity contribution in [3.8, 4) is 10.6 Å². The maximum absolute atomic E-state index is 12.4. The smallest absolute Gasteiger partial charge is 0.273 e. The van der Waals surface area contributed by atoms with Gasteiger partial charge in [0.15, 0.2) is 0 Å². The molecule has 1 aliphatic rings. The van der Waals surface area contributed by atoms with Crippen LogP contribution in [0.15, 0.2) is 29.9 Å². The van der Waals surface area contributed by atoms with Gasteiger partial charge in [0, 0.05) is 36.4 Å². The molecule has 1 saturated heterocycles. The zero-order chi connectivity index (χ0) is 13.9. The van der Waals surface area contributed by atoms with Crippen LogP contribution in [-0.2, 0) is 0 Å². The highest BCUT2D eigenvalue weighted by Gasteiger charge is 2.23. The summed E-state index contributed by atoms with van der Waals surface area (Å²) in [6.45, 7) is 3.89. The van der Waals surface area contributed by atoms with Crippen LogP contribution in [0, 0.1) is 5.92 Å². The molecule has 2 aromatic heterocycles. The molecule has 1 unspecified atom stereocenters. The molecule has 5 heteroatoms. The normalized spacial score (nSPS) is 19.1. The number of nitrogens with zero attached hydrogens (tertiary/aromatic N) is 3. The summed E-state index contributed by atoms with van der Waals surface area (Å²) in [7, 11) is 0. The number of aromatic nitrogens is 2. The van der Waals surface area contributed by atoms with Gasteiger partial charge in [-0.1, -0.05) is 6.92 Å². The number of pyridine rings is 1. The summed E-state index contributed by atoms with van der Waals surface area (Å²) in [5, 5.41) is 2.70. The van der Waals surface area contributed by atoms with E-state index in [1.807, 2.05) is 22.4 Å². The monoisotopic (exact) mass is 287 g/mol. The molecule has 4 nitrogen and oxygen atoms in total. The van der Waals surface area contributed by atoms with Gasteiger partial charge in [-0.05, 0) is 30.9 Å². The van der Waals surface area contributed by atoms with E-state index in [0.717, 1.165) is 30.1 Å². The van der Waals surface area contributed by atoms with Crippen LogP contribution in [-0.4, -0.2) is 33.9 Å². The van der Waals surface area contributed by atoms with E-state index in [1.54, 1.807) is 12.4 Å². The number of likely N-dealkylation sites (tertiary alicyclic amines) is 1. The van der Waals surface area contributed by atoms with E-state index < -0.39 is 0 Å². The third-order valence-electron chi connectivity index (χ3n) is 3.58. The fraction of sp³-hybridized carbons (Fsp3) is 0.400. The number of rotatable bonds is 2. The SMILES string of the molecule is CC1CCCN(C(=O)c2csc(-c3cccnc3)n2)C1. The van der Waals surface area contributed by atoms with Crippen LogP contribution in [0.2, 0.25) is 0 Å². The van der Waals surface area contributed by atoms with Crippen LogP contribution >= 0.6 is 11.3 Å². The molecule has 0 spiro atoms. The van der Waals surface area contributed by atoms with E-state index in [9.17, 15) is 4.79 Å². The van der Waals surface area contributed by atoms with Gasteiger partial charge in [-0.15, -0.1) is 11.3 Å². The molecule has 1 fully saturated rings. The second kappa shape index (κ2) is 5.71. The maximum Gasteiger partial charge on any atom is 0.273 e. The van der Waals surface area contributed by atoms with Crippen LogP contribution in [0.3, 0.4) is 0 Å². The van der Waals surface area contributed by atoms with Gasteiger partial charge in [0.05, 0.1) is 0 Å². The van der Waals surface area contributed by atoms with E-state index >= 15 is 0 Å². The number of thiazole rings is 1. The van der Waals surface area contributed by atoms with Crippen molar-refractivity contribution in [2.75, 3.05) is 13.1 Å². The first-order valence-electron chi connectivity index (χ1n) is 6.89. The Kier molecular flexibility index (Phi) is 3.78. The van der Waals surface area contributed by atoms with E-state index in [0.29, 0.717) is 11.6 Å². The Morgan fingerprint density at radius 1 is 1.50 bits per heavy atom. The van der Waals surface area contributed by atoms with Crippen molar-refractivity contribution >= 4 is 17.2 Å². The minimum Gasteiger partial charge on any atom is -0.337 e. The molecule has 0 saturated carbocycles. The van der Waals surface area contributed by atoms with Crippen molar-refractivity contribution in [2.24, 2.45) is 5.92 Å². The fourth-order valence-corrected chi connectivity index (χ4v) is 3.31. The summed E-state index contributed by atoms with van der Waals surface area (Å²) in [5.74, 6) is 0.645. The van der Waals surface area contributed by atoms with Crippen LogP contribution in [0.5, 0.6) is 0 Å². The summed E-state index contributed by atoms with van der Waals surface area (Å²) in [4.78, 5) is 22.9. The average Bonchev–Trinajstić information content (AvgIpc) is 2.97. The predicted molar refractivity (Wildman–Crippen MR) is 79.6 cm³/mol. The van der Waals surface area contributed by atoms with Crippen molar-refractivity contribution in [1.29, 1.82) is 0 Å². The van der Waals surface area contributed by atoms with Gasteiger partial charge in [-0.25, -0.2) is 4.98 Å². The first kappa shape index (κ1) is 13.2. The zero-order valence-corrected chi connectivity index (χ0v) is 12.3. The lowest BCUT2D eigenvalue weighted by Crippen LogP contribution is -2.39. The summed E-state index contributed by atoms with van der Waals surface area (Å²) in [5.41, 5.74) is 1.52. The fourth-order valence-electron chi connectivity index (χ4n) is 2.53. The van der Waals surface area contributed by atoms with Crippen molar-refractivity contribution in [1.82, 2.24) is 14.9 Å². The second-order valence-electron chi connectivity index (χ2n) is 5.28. The maximum atomic E-state index is 12.4. The van der Waals surface area contributed by atoms with Gasteiger partial charge in [0.1, 0.15) is 10.7 Å². The first-order valence-corrected chi connectivity index (χ1v) is 7.77. The number of piperidine rings is 1. The average molecular weight is 287 g/mol. The molecule has 0 bridgehead atoms. The Balaban J connectivity index is 1.78. The lowest BCUT2D eigenvalue weighted by Gasteiger charge is -2.30. The molecule has 0 N–H and O–H groups in total. The molecule has 20 heavy (non-hydrogen) atoms. The Hall–Kier alpha value is -1.75. The molecular weight excluding hydrogens is 270 g/mol. The Morgan fingerprint density at radius 3 is 3.15 bits per heavy atom. The minimum absolute atomic E-state index is 0.0583. The van der Waals surface area contributed by atoms with E-state index in [-0.39, 0.29) is 5.91 Å². The number of hydrogen-bond donors (Lipinski definition) is 0. The number of amides is 1. The van der Waals surface area contributed by atoms with Crippen LogP contribution in [0.1, 0.15) is 30.3 Å². The highest BCUT2D eigenvalue weighted by molar-refractivity contribution is 7.13. The second-order valence-corrected chi connectivity index (χ2v) is 6.14. The molecule has 1 atom stereocenters. The number of hydrogen-bond acceptors (Lipinski definition) is 4. The quantitative estimate of drug-likeness (QED) is 0.852. The van der Waals surface area contributed by atoms with Crippen LogP contribution in [0.25, 0.3) is 10.6 Å². The minimum atomic E-state index is 0.0583. The van der Waals surface area contributed by atoms with E-state index in [1.165, 1.54) is 17.8 Å². The standard InChI is InChI=1S/C15H17N3OS/c1-11-4-3-7-18(9-11)15(19)13-10-20-14(17-13)12-5-2-6-16-8-12/h2,5-6,8,10-11H,3-4,7,9H2,1H3. The number of carbonyl (C=O) groups is 1. The van der Waals surface area contributed by atoms with Crippen molar-refractivity contribution in [3.05, 3.63) is 35.6 Å². The predicted octanol–water partition coefficient (Wildman–Crippen LogP) is 3.08.